The van der Waals surface area contributed by atoms with E-state index >= 15 is 0 Å². The fourth-order valence-corrected chi connectivity index (χ4v) is 1.78. The zero-order chi connectivity index (χ0) is 14.9. The van der Waals surface area contributed by atoms with Gasteiger partial charge in [0, 0.05) is 17.2 Å². The number of nitro benzene ring substituents is 1. The molecule has 7 heteroatoms. The highest BCUT2D eigenvalue weighted by atomic mass is 16.6. The molecule has 1 atom stereocenters. The van der Waals surface area contributed by atoms with Gasteiger partial charge in [0.05, 0.1) is 10.5 Å². The molecule has 20 heavy (non-hydrogen) atoms. The predicted octanol–water partition coefficient (Wildman–Crippen LogP) is 2.54. The van der Waals surface area contributed by atoms with Gasteiger partial charge in [0.1, 0.15) is 0 Å². The number of rotatable bonds is 4. The van der Waals surface area contributed by atoms with Gasteiger partial charge in [0.2, 0.25) is 0 Å². The van der Waals surface area contributed by atoms with E-state index in [-0.39, 0.29) is 11.6 Å². The molecular formula is C13H16N4O3. The highest BCUT2D eigenvalue weighted by Gasteiger charge is 2.26. The van der Waals surface area contributed by atoms with Gasteiger partial charge >= 0.3 is 0 Å². The van der Waals surface area contributed by atoms with Gasteiger partial charge in [-0.15, -0.1) is 0 Å². The molecular weight excluding hydrogens is 260 g/mol. The Morgan fingerprint density at radius 3 is 2.80 bits per heavy atom. The smallest absolute Gasteiger partial charge is 0.273 e. The van der Waals surface area contributed by atoms with Crippen molar-refractivity contribution in [1.29, 1.82) is 0 Å². The maximum Gasteiger partial charge on any atom is 0.273 e. The largest absolute Gasteiger partial charge is 0.334 e. The lowest BCUT2D eigenvalue weighted by atomic mass is 10.00. The van der Waals surface area contributed by atoms with Crippen LogP contribution >= 0.6 is 0 Å². The lowest BCUT2D eigenvalue weighted by molar-refractivity contribution is -0.385. The average molecular weight is 276 g/mol. The van der Waals surface area contributed by atoms with Crippen molar-refractivity contribution >= 4 is 5.69 Å². The number of benzene rings is 1. The lowest BCUT2D eigenvalue weighted by Gasteiger charge is -2.16. The van der Waals surface area contributed by atoms with Gasteiger partial charge in [-0.25, -0.2) is 0 Å². The Hall–Kier alpha value is -2.28. The van der Waals surface area contributed by atoms with Crippen LogP contribution in [0.2, 0.25) is 0 Å². The van der Waals surface area contributed by atoms with Crippen LogP contribution in [-0.4, -0.2) is 15.1 Å². The molecule has 0 aliphatic carbocycles. The molecule has 2 N–H and O–H groups in total. The van der Waals surface area contributed by atoms with E-state index in [4.69, 9.17) is 10.3 Å². The Bertz CT molecular complexity index is 649. The summed E-state index contributed by atoms with van der Waals surface area (Å²) in [5, 5.41) is 14.8. The Labute approximate surface area is 115 Å². The quantitative estimate of drug-likeness (QED) is 0.679. The standard InChI is InChI=1S/C13H16N4O3/c1-4-13(3,14)12-15-11(20-16-12)9-6-5-7-10(8(9)2)17(18)19/h5-7H,4,14H2,1-3H3. The molecule has 1 unspecified atom stereocenters. The minimum absolute atomic E-state index is 0.0215. The Kier molecular flexibility index (Phi) is 3.54. The maximum atomic E-state index is 10.9. The number of nitrogens with zero attached hydrogens (tertiary/aromatic N) is 3. The van der Waals surface area contributed by atoms with E-state index in [1.807, 2.05) is 13.8 Å². The van der Waals surface area contributed by atoms with Crippen LogP contribution in [-0.2, 0) is 5.54 Å². The van der Waals surface area contributed by atoms with Crippen LogP contribution in [0.1, 0.15) is 31.7 Å². The van der Waals surface area contributed by atoms with Gasteiger partial charge in [-0.3, -0.25) is 10.1 Å². The van der Waals surface area contributed by atoms with Crippen molar-refractivity contribution in [2.24, 2.45) is 5.73 Å². The Balaban J connectivity index is 2.48. The van der Waals surface area contributed by atoms with E-state index < -0.39 is 10.5 Å². The lowest BCUT2D eigenvalue weighted by Crippen LogP contribution is -2.33. The molecule has 1 heterocycles. The van der Waals surface area contributed by atoms with Crippen LogP contribution in [0.5, 0.6) is 0 Å². The average Bonchev–Trinajstić information content (AvgIpc) is 2.88. The summed E-state index contributed by atoms with van der Waals surface area (Å²) in [6.07, 6.45) is 0.653. The van der Waals surface area contributed by atoms with Crippen LogP contribution in [0.15, 0.2) is 22.7 Å². The number of hydrogen-bond acceptors (Lipinski definition) is 6. The third-order valence-electron chi connectivity index (χ3n) is 3.40. The summed E-state index contributed by atoms with van der Waals surface area (Å²) < 4.78 is 5.19. The third kappa shape index (κ3) is 2.39. The topological polar surface area (TPSA) is 108 Å². The normalized spacial score (nSPS) is 14.0. The van der Waals surface area contributed by atoms with Gasteiger partial charge in [-0.2, -0.15) is 4.98 Å². The molecule has 7 nitrogen and oxygen atoms in total. The third-order valence-corrected chi connectivity index (χ3v) is 3.40. The van der Waals surface area contributed by atoms with Crippen molar-refractivity contribution in [2.75, 3.05) is 0 Å². The molecule has 2 rings (SSSR count). The molecule has 0 aliphatic heterocycles. The van der Waals surface area contributed by atoms with Crippen molar-refractivity contribution in [3.8, 4) is 11.5 Å². The Morgan fingerprint density at radius 1 is 1.50 bits per heavy atom. The maximum absolute atomic E-state index is 10.9. The molecule has 1 aromatic heterocycles. The molecule has 0 saturated heterocycles. The Morgan fingerprint density at radius 2 is 2.20 bits per heavy atom. The minimum atomic E-state index is -0.684. The van der Waals surface area contributed by atoms with E-state index in [9.17, 15) is 10.1 Å². The number of aromatic nitrogens is 2. The summed E-state index contributed by atoms with van der Waals surface area (Å²) in [5.74, 6) is 0.632. The zero-order valence-electron chi connectivity index (χ0n) is 11.6. The molecule has 106 valence electrons. The van der Waals surface area contributed by atoms with Crippen LogP contribution in [0.25, 0.3) is 11.5 Å². The fraction of sp³-hybridized carbons (Fsp3) is 0.385. The second-order valence-corrected chi connectivity index (χ2v) is 4.90. The van der Waals surface area contributed by atoms with Crippen LogP contribution < -0.4 is 5.73 Å². The van der Waals surface area contributed by atoms with E-state index in [0.29, 0.717) is 23.4 Å². The number of nitrogens with two attached hydrogens (primary N) is 1. The molecule has 0 saturated carbocycles. The number of nitro groups is 1. The first-order valence-corrected chi connectivity index (χ1v) is 6.24. The van der Waals surface area contributed by atoms with Crippen molar-refractivity contribution in [2.45, 2.75) is 32.7 Å². The second kappa shape index (κ2) is 5.01. The molecule has 0 fully saturated rings. The molecule has 0 radical (unpaired) electrons. The van der Waals surface area contributed by atoms with E-state index in [2.05, 4.69) is 10.1 Å². The van der Waals surface area contributed by atoms with Gasteiger partial charge in [0.15, 0.2) is 5.82 Å². The molecule has 0 aliphatic rings. The van der Waals surface area contributed by atoms with Crippen LogP contribution in [0.3, 0.4) is 0 Å². The van der Waals surface area contributed by atoms with Crippen molar-refractivity contribution in [3.63, 3.8) is 0 Å². The monoisotopic (exact) mass is 276 g/mol. The van der Waals surface area contributed by atoms with Crippen molar-refractivity contribution < 1.29 is 9.45 Å². The zero-order valence-corrected chi connectivity index (χ0v) is 11.6. The molecule has 0 spiro atoms. The first-order chi connectivity index (χ1) is 9.36. The van der Waals surface area contributed by atoms with Crippen molar-refractivity contribution in [3.05, 3.63) is 39.7 Å². The fourth-order valence-electron chi connectivity index (χ4n) is 1.78. The second-order valence-electron chi connectivity index (χ2n) is 4.90. The minimum Gasteiger partial charge on any atom is -0.334 e. The summed E-state index contributed by atoms with van der Waals surface area (Å²) in [5.41, 5.74) is 6.42. The van der Waals surface area contributed by atoms with Gasteiger partial charge in [-0.05, 0) is 26.3 Å². The molecule has 1 aromatic carbocycles. The molecule has 2 aromatic rings. The SMILES string of the molecule is CCC(C)(N)c1noc(-c2cccc([N+](=O)[O-])c2C)n1. The molecule has 0 bridgehead atoms. The summed E-state index contributed by atoms with van der Waals surface area (Å²) in [4.78, 5) is 14.8. The van der Waals surface area contributed by atoms with Gasteiger partial charge in [-0.1, -0.05) is 18.1 Å². The van der Waals surface area contributed by atoms with E-state index in [1.165, 1.54) is 6.07 Å². The van der Waals surface area contributed by atoms with E-state index in [1.54, 1.807) is 19.1 Å². The highest BCUT2D eigenvalue weighted by molar-refractivity contribution is 5.64. The van der Waals surface area contributed by atoms with Crippen molar-refractivity contribution in [1.82, 2.24) is 10.1 Å². The highest BCUT2D eigenvalue weighted by Crippen LogP contribution is 2.30. The van der Waals surface area contributed by atoms with Crippen LogP contribution in [0, 0.1) is 17.0 Å². The number of hydrogen-bond donors (Lipinski definition) is 1. The first kappa shape index (κ1) is 14.1. The summed E-state index contributed by atoms with van der Waals surface area (Å²) >= 11 is 0. The first-order valence-electron chi connectivity index (χ1n) is 6.24. The predicted molar refractivity (Wildman–Crippen MR) is 73.0 cm³/mol. The van der Waals surface area contributed by atoms with Gasteiger partial charge < -0.3 is 10.3 Å². The van der Waals surface area contributed by atoms with Gasteiger partial charge in [0.25, 0.3) is 11.6 Å². The summed E-state index contributed by atoms with van der Waals surface area (Å²) in [6.45, 7) is 5.38. The van der Waals surface area contributed by atoms with Crippen LogP contribution in [0.4, 0.5) is 5.69 Å². The summed E-state index contributed by atoms with van der Waals surface area (Å²) in [6, 6.07) is 4.74. The van der Waals surface area contributed by atoms with E-state index in [0.717, 1.165) is 0 Å². The summed E-state index contributed by atoms with van der Waals surface area (Å²) in [7, 11) is 0. The molecule has 0 amide bonds.